The van der Waals surface area contributed by atoms with Crippen molar-refractivity contribution in [3.05, 3.63) is 47.3 Å². The van der Waals surface area contributed by atoms with Crippen LogP contribution in [0, 0.1) is 18.3 Å². The molecule has 2 heterocycles. The van der Waals surface area contributed by atoms with E-state index in [9.17, 15) is 10.1 Å². The van der Waals surface area contributed by atoms with Crippen molar-refractivity contribution in [1.29, 1.82) is 5.26 Å². The van der Waals surface area contributed by atoms with Gasteiger partial charge in [0.05, 0.1) is 18.3 Å². The van der Waals surface area contributed by atoms with E-state index in [0.29, 0.717) is 25.4 Å². The summed E-state index contributed by atoms with van der Waals surface area (Å²) in [6, 6.07) is 10.1. The van der Waals surface area contributed by atoms with E-state index in [2.05, 4.69) is 11.2 Å². The van der Waals surface area contributed by atoms with Gasteiger partial charge in [-0.3, -0.25) is 4.68 Å². The lowest BCUT2D eigenvalue weighted by atomic mass is 10.1. The number of hydrogen-bond acceptors (Lipinski definition) is 5. The van der Waals surface area contributed by atoms with Crippen LogP contribution in [0.2, 0.25) is 0 Å². The summed E-state index contributed by atoms with van der Waals surface area (Å²) >= 11 is 0. The van der Waals surface area contributed by atoms with Crippen LogP contribution in [0.25, 0.3) is 0 Å². The van der Waals surface area contributed by atoms with Crippen LogP contribution in [0.5, 0.6) is 5.75 Å². The minimum absolute atomic E-state index is 0.0879. The van der Waals surface area contributed by atoms with Crippen molar-refractivity contribution in [3.63, 3.8) is 0 Å². The zero-order chi connectivity index (χ0) is 20.1. The van der Waals surface area contributed by atoms with Gasteiger partial charge in [-0.2, -0.15) is 10.4 Å². The number of para-hydroxylation sites is 1. The molecule has 0 unspecified atom stereocenters. The van der Waals surface area contributed by atoms with E-state index >= 15 is 0 Å². The summed E-state index contributed by atoms with van der Waals surface area (Å²) < 4.78 is 12.9. The van der Waals surface area contributed by atoms with Crippen molar-refractivity contribution < 1.29 is 14.3 Å². The molecule has 1 aromatic carbocycles. The summed E-state index contributed by atoms with van der Waals surface area (Å²) in [5, 5.41) is 14.1. The van der Waals surface area contributed by atoms with Crippen molar-refractivity contribution in [2.75, 3.05) is 13.1 Å². The molecule has 1 aromatic heterocycles. The minimum atomic E-state index is -0.276. The fourth-order valence-electron chi connectivity index (χ4n) is 3.35. The number of aryl methyl sites for hydroxylation is 1. The number of carbonyl (C=O) groups is 1. The lowest BCUT2D eigenvalue weighted by Gasteiger charge is -2.32. The molecule has 0 bridgehead atoms. The standard InChI is InChI=1S/C21H26N4O3/c1-15(2)28-21(26)24-10-8-18(9-11-24)25-19(12-22)17(13-23-25)14-27-20-7-5-4-6-16(20)3/h4-7,13,15,18H,8-11,14H2,1-3H3. The highest BCUT2D eigenvalue weighted by Crippen LogP contribution is 2.26. The minimum Gasteiger partial charge on any atom is -0.488 e. The quantitative estimate of drug-likeness (QED) is 0.785. The van der Waals surface area contributed by atoms with Crippen molar-refractivity contribution in [2.45, 2.75) is 52.4 Å². The molecule has 0 N–H and O–H groups in total. The van der Waals surface area contributed by atoms with Gasteiger partial charge in [0.1, 0.15) is 24.1 Å². The number of piperidine rings is 1. The normalized spacial score (nSPS) is 14.8. The number of amides is 1. The fraction of sp³-hybridized carbons (Fsp3) is 0.476. The summed E-state index contributed by atoms with van der Waals surface area (Å²) in [7, 11) is 0. The molecule has 7 heteroatoms. The Balaban J connectivity index is 1.64. The second kappa shape index (κ2) is 8.79. The largest absolute Gasteiger partial charge is 0.488 e. The molecule has 0 radical (unpaired) electrons. The van der Waals surface area contributed by atoms with Gasteiger partial charge < -0.3 is 14.4 Å². The number of likely N-dealkylation sites (tertiary alicyclic amines) is 1. The molecular weight excluding hydrogens is 356 g/mol. The highest BCUT2D eigenvalue weighted by Gasteiger charge is 2.27. The average molecular weight is 382 g/mol. The maximum atomic E-state index is 12.0. The molecule has 0 saturated carbocycles. The summed E-state index contributed by atoms with van der Waals surface area (Å²) in [4.78, 5) is 13.8. The Bertz CT molecular complexity index is 861. The third kappa shape index (κ3) is 4.45. The van der Waals surface area contributed by atoms with E-state index in [4.69, 9.17) is 9.47 Å². The number of benzene rings is 1. The van der Waals surface area contributed by atoms with Gasteiger partial charge in [-0.1, -0.05) is 18.2 Å². The first-order chi connectivity index (χ1) is 13.5. The first kappa shape index (κ1) is 19.7. The fourth-order valence-corrected chi connectivity index (χ4v) is 3.35. The predicted molar refractivity (Wildman–Crippen MR) is 104 cm³/mol. The highest BCUT2D eigenvalue weighted by molar-refractivity contribution is 5.67. The Morgan fingerprint density at radius 2 is 2.04 bits per heavy atom. The Morgan fingerprint density at radius 1 is 1.32 bits per heavy atom. The second-order valence-electron chi connectivity index (χ2n) is 7.28. The van der Waals surface area contributed by atoms with Crippen LogP contribution in [0.15, 0.2) is 30.5 Å². The molecule has 28 heavy (non-hydrogen) atoms. The first-order valence-electron chi connectivity index (χ1n) is 9.60. The van der Waals surface area contributed by atoms with Crippen molar-refractivity contribution in [3.8, 4) is 11.8 Å². The molecule has 1 amide bonds. The number of ether oxygens (including phenoxy) is 2. The van der Waals surface area contributed by atoms with E-state index < -0.39 is 0 Å². The number of nitriles is 1. The molecule has 0 atom stereocenters. The molecule has 2 aromatic rings. The van der Waals surface area contributed by atoms with Gasteiger partial charge in [-0.05, 0) is 45.2 Å². The van der Waals surface area contributed by atoms with E-state index in [-0.39, 0.29) is 18.2 Å². The average Bonchev–Trinajstić information content (AvgIpc) is 3.10. The number of nitrogens with zero attached hydrogens (tertiary/aromatic N) is 4. The maximum absolute atomic E-state index is 12.0. The SMILES string of the molecule is Cc1ccccc1OCc1cnn(C2CCN(C(=O)OC(C)C)CC2)c1C#N. The molecular formula is C21H26N4O3. The van der Waals surface area contributed by atoms with E-state index in [1.54, 1.807) is 15.8 Å². The molecule has 1 aliphatic rings. The van der Waals surface area contributed by atoms with Crippen molar-refractivity contribution in [2.24, 2.45) is 0 Å². The van der Waals surface area contributed by atoms with Gasteiger partial charge in [-0.25, -0.2) is 4.79 Å². The van der Waals surface area contributed by atoms with Crippen LogP contribution in [0.4, 0.5) is 4.79 Å². The Labute approximate surface area is 165 Å². The predicted octanol–water partition coefficient (Wildman–Crippen LogP) is 3.82. The van der Waals surface area contributed by atoms with Crippen molar-refractivity contribution in [1.82, 2.24) is 14.7 Å². The molecule has 148 valence electrons. The lowest BCUT2D eigenvalue weighted by Crippen LogP contribution is -2.40. The Kier molecular flexibility index (Phi) is 6.19. The second-order valence-corrected chi connectivity index (χ2v) is 7.28. The molecule has 1 fully saturated rings. The summed E-state index contributed by atoms with van der Waals surface area (Å²) in [6.45, 7) is 7.16. The Morgan fingerprint density at radius 3 is 2.68 bits per heavy atom. The maximum Gasteiger partial charge on any atom is 0.410 e. The van der Waals surface area contributed by atoms with Crippen LogP contribution in [-0.4, -0.2) is 40.0 Å². The smallest absolute Gasteiger partial charge is 0.410 e. The highest BCUT2D eigenvalue weighted by atomic mass is 16.6. The van der Waals surface area contributed by atoms with Crippen molar-refractivity contribution >= 4 is 6.09 Å². The van der Waals surface area contributed by atoms with E-state index in [1.165, 1.54) is 0 Å². The van der Waals surface area contributed by atoms with Crippen LogP contribution in [0.1, 0.15) is 49.6 Å². The molecule has 0 spiro atoms. The number of carbonyl (C=O) groups excluding carboxylic acids is 1. The monoisotopic (exact) mass is 382 g/mol. The van der Waals surface area contributed by atoms with Gasteiger partial charge >= 0.3 is 6.09 Å². The number of rotatable bonds is 5. The lowest BCUT2D eigenvalue weighted by molar-refractivity contribution is 0.0652. The van der Waals surface area contributed by atoms with Crippen LogP contribution < -0.4 is 4.74 Å². The molecule has 0 aliphatic carbocycles. The third-order valence-corrected chi connectivity index (χ3v) is 4.86. The zero-order valence-corrected chi connectivity index (χ0v) is 16.6. The Hall–Kier alpha value is -3.01. The number of hydrogen-bond donors (Lipinski definition) is 0. The van der Waals surface area contributed by atoms with Crippen LogP contribution in [0.3, 0.4) is 0 Å². The summed E-state index contributed by atoms with van der Waals surface area (Å²) in [5.41, 5.74) is 2.35. The van der Waals surface area contributed by atoms with E-state index in [0.717, 1.165) is 29.7 Å². The van der Waals surface area contributed by atoms with Gasteiger partial charge in [0, 0.05) is 18.7 Å². The van der Waals surface area contributed by atoms with Gasteiger partial charge in [-0.15, -0.1) is 0 Å². The van der Waals surface area contributed by atoms with E-state index in [1.807, 2.05) is 45.0 Å². The first-order valence-corrected chi connectivity index (χ1v) is 9.60. The van der Waals surface area contributed by atoms with Gasteiger partial charge in [0.2, 0.25) is 0 Å². The van der Waals surface area contributed by atoms with Gasteiger partial charge in [0.25, 0.3) is 0 Å². The molecule has 3 rings (SSSR count). The molecule has 1 saturated heterocycles. The van der Waals surface area contributed by atoms with Gasteiger partial charge in [0.15, 0.2) is 0 Å². The molecule has 7 nitrogen and oxygen atoms in total. The number of aromatic nitrogens is 2. The van der Waals surface area contributed by atoms with Crippen LogP contribution >= 0.6 is 0 Å². The third-order valence-electron chi connectivity index (χ3n) is 4.86. The topological polar surface area (TPSA) is 80.4 Å². The van der Waals surface area contributed by atoms with Crippen LogP contribution in [-0.2, 0) is 11.3 Å². The summed E-state index contributed by atoms with van der Waals surface area (Å²) in [5.74, 6) is 0.802. The zero-order valence-electron chi connectivity index (χ0n) is 16.6. The summed E-state index contributed by atoms with van der Waals surface area (Å²) in [6.07, 6.45) is 2.78. The molecule has 1 aliphatic heterocycles.